The normalized spacial score (nSPS) is 10.3. The van der Waals surface area contributed by atoms with Gasteiger partial charge in [0.2, 0.25) is 0 Å². The van der Waals surface area contributed by atoms with E-state index >= 15 is 0 Å². The van der Waals surface area contributed by atoms with Crippen molar-refractivity contribution in [2.45, 2.75) is 13.3 Å². The monoisotopic (exact) mass is 334 g/mol. The van der Waals surface area contributed by atoms with E-state index in [1.54, 1.807) is 18.2 Å². The fraction of sp³-hybridized carbons (Fsp3) is 0.188. The second-order valence-corrected chi connectivity index (χ2v) is 5.28. The third kappa shape index (κ3) is 3.68. The highest BCUT2D eigenvalue weighted by atomic mass is 79.9. The van der Waals surface area contributed by atoms with E-state index in [-0.39, 0.29) is 12.4 Å². The molecule has 104 valence electrons. The predicted octanol–water partition coefficient (Wildman–Crippen LogP) is 3.98. The Kier molecular flexibility index (Phi) is 4.93. The van der Waals surface area contributed by atoms with E-state index in [9.17, 15) is 4.79 Å². The van der Waals surface area contributed by atoms with Crippen LogP contribution in [0, 0.1) is 0 Å². The van der Waals surface area contributed by atoms with Crippen LogP contribution in [0.25, 0.3) is 0 Å². The number of ketones is 1. The Morgan fingerprint density at radius 2 is 1.90 bits per heavy atom. The number of benzene rings is 2. The third-order valence-corrected chi connectivity index (χ3v) is 3.51. The molecule has 0 aliphatic heterocycles. The molecule has 0 heterocycles. The minimum Gasteiger partial charge on any atom is -0.456 e. The number of hydrogen-bond acceptors (Lipinski definition) is 3. The van der Waals surface area contributed by atoms with E-state index in [2.05, 4.69) is 15.9 Å². The Balaban J connectivity index is 2.15. The van der Waals surface area contributed by atoms with Crippen molar-refractivity contribution in [3.63, 3.8) is 0 Å². The Bertz CT molecular complexity index is 606. The molecular weight excluding hydrogens is 320 g/mol. The Hall–Kier alpha value is -1.65. The van der Waals surface area contributed by atoms with Crippen LogP contribution < -0.4 is 4.74 Å². The van der Waals surface area contributed by atoms with E-state index in [0.29, 0.717) is 23.5 Å². The first-order chi connectivity index (χ1) is 9.60. The lowest BCUT2D eigenvalue weighted by atomic mass is 10.1. The highest BCUT2D eigenvalue weighted by molar-refractivity contribution is 9.10. The quantitative estimate of drug-likeness (QED) is 0.841. The zero-order valence-corrected chi connectivity index (χ0v) is 12.7. The summed E-state index contributed by atoms with van der Waals surface area (Å²) in [4.78, 5) is 11.3. The number of carbonyl (C=O) groups excluding carboxylic acids is 1. The van der Waals surface area contributed by atoms with Crippen LogP contribution in [0.1, 0.15) is 22.8 Å². The molecular formula is C16H15BrO3. The second kappa shape index (κ2) is 6.68. The van der Waals surface area contributed by atoms with E-state index in [4.69, 9.17) is 9.84 Å². The summed E-state index contributed by atoms with van der Waals surface area (Å²) in [5, 5.41) is 8.87. The summed E-state index contributed by atoms with van der Waals surface area (Å²) in [6.45, 7) is 1.67. The summed E-state index contributed by atoms with van der Waals surface area (Å²) in [6.07, 6.45) is 0.636. The van der Waals surface area contributed by atoms with Crippen LogP contribution in [-0.2, 0) is 6.42 Å². The summed E-state index contributed by atoms with van der Waals surface area (Å²) >= 11 is 3.40. The molecule has 1 N–H and O–H groups in total. The van der Waals surface area contributed by atoms with Gasteiger partial charge in [-0.05, 0) is 65.2 Å². The lowest BCUT2D eigenvalue weighted by molar-refractivity contribution is 0.101. The van der Waals surface area contributed by atoms with Crippen molar-refractivity contribution in [2.24, 2.45) is 0 Å². The maximum Gasteiger partial charge on any atom is 0.159 e. The van der Waals surface area contributed by atoms with Crippen LogP contribution in [-0.4, -0.2) is 17.5 Å². The molecule has 0 fully saturated rings. The number of rotatable bonds is 5. The van der Waals surface area contributed by atoms with Gasteiger partial charge < -0.3 is 9.84 Å². The first-order valence-corrected chi connectivity index (χ1v) is 7.07. The second-order valence-electron chi connectivity index (χ2n) is 4.42. The molecule has 0 radical (unpaired) electrons. The molecule has 0 atom stereocenters. The standard InChI is InChI=1S/C16H15BrO3/c1-11(19)13-4-7-16(15(17)10-13)20-14-5-2-12(3-6-14)8-9-18/h2-7,10,18H,8-9H2,1H3. The molecule has 0 saturated carbocycles. The molecule has 20 heavy (non-hydrogen) atoms. The average Bonchev–Trinajstić information content (AvgIpc) is 2.43. The molecule has 0 spiro atoms. The van der Waals surface area contributed by atoms with Gasteiger partial charge in [-0.2, -0.15) is 0 Å². The van der Waals surface area contributed by atoms with Gasteiger partial charge in [0.05, 0.1) is 4.47 Å². The number of hydrogen-bond donors (Lipinski definition) is 1. The fourth-order valence-electron chi connectivity index (χ4n) is 1.78. The van der Waals surface area contributed by atoms with Crippen molar-refractivity contribution in [3.8, 4) is 11.5 Å². The molecule has 0 aliphatic carbocycles. The van der Waals surface area contributed by atoms with Crippen LogP contribution >= 0.6 is 15.9 Å². The van der Waals surface area contributed by atoms with Gasteiger partial charge in [0.25, 0.3) is 0 Å². The van der Waals surface area contributed by atoms with E-state index in [0.717, 1.165) is 10.0 Å². The minimum atomic E-state index is 0.0191. The molecule has 2 rings (SSSR count). The largest absolute Gasteiger partial charge is 0.456 e. The summed E-state index contributed by atoms with van der Waals surface area (Å²) in [7, 11) is 0. The molecule has 0 saturated heterocycles. The SMILES string of the molecule is CC(=O)c1ccc(Oc2ccc(CCO)cc2)c(Br)c1. The zero-order valence-electron chi connectivity index (χ0n) is 11.1. The average molecular weight is 335 g/mol. The van der Waals surface area contributed by atoms with E-state index in [1.165, 1.54) is 6.92 Å². The summed E-state index contributed by atoms with van der Waals surface area (Å²) in [5.74, 6) is 1.39. The number of aliphatic hydroxyl groups excluding tert-OH is 1. The molecule has 0 aliphatic rings. The molecule has 4 heteroatoms. The topological polar surface area (TPSA) is 46.5 Å². The molecule has 2 aromatic carbocycles. The maximum absolute atomic E-state index is 11.3. The van der Waals surface area contributed by atoms with Crippen molar-refractivity contribution in [1.29, 1.82) is 0 Å². The minimum absolute atomic E-state index is 0.0191. The molecule has 2 aromatic rings. The number of Topliss-reactive ketones (excluding diaryl/α,β-unsaturated/α-hetero) is 1. The van der Waals surface area contributed by atoms with E-state index < -0.39 is 0 Å². The number of ether oxygens (including phenoxy) is 1. The van der Waals surface area contributed by atoms with Gasteiger partial charge in [0.15, 0.2) is 5.78 Å². The van der Waals surface area contributed by atoms with Gasteiger partial charge >= 0.3 is 0 Å². The Morgan fingerprint density at radius 1 is 1.20 bits per heavy atom. The van der Waals surface area contributed by atoms with Crippen LogP contribution in [0.5, 0.6) is 11.5 Å². The first kappa shape index (κ1) is 14.8. The van der Waals surface area contributed by atoms with Crippen LogP contribution in [0.15, 0.2) is 46.9 Å². The van der Waals surface area contributed by atoms with Crippen LogP contribution in [0.3, 0.4) is 0 Å². The number of halogens is 1. The Labute approximate surface area is 126 Å². The van der Waals surface area contributed by atoms with E-state index in [1.807, 2.05) is 24.3 Å². The van der Waals surface area contributed by atoms with Gasteiger partial charge in [0, 0.05) is 12.2 Å². The van der Waals surface area contributed by atoms with Crippen molar-refractivity contribution >= 4 is 21.7 Å². The highest BCUT2D eigenvalue weighted by Crippen LogP contribution is 2.30. The van der Waals surface area contributed by atoms with Crippen molar-refractivity contribution in [2.75, 3.05) is 6.61 Å². The van der Waals surface area contributed by atoms with Gasteiger partial charge in [-0.15, -0.1) is 0 Å². The van der Waals surface area contributed by atoms with Crippen LogP contribution in [0.2, 0.25) is 0 Å². The van der Waals surface area contributed by atoms with Crippen LogP contribution in [0.4, 0.5) is 0 Å². The fourth-order valence-corrected chi connectivity index (χ4v) is 2.24. The van der Waals surface area contributed by atoms with Gasteiger partial charge in [-0.25, -0.2) is 0 Å². The molecule has 0 unspecified atom stereocenters. The maximum atomic E-state index is 11.3. The lowest BCUT2D eigenvalue weighted by Crippen LogP contribution is -1.94. The summed E-state index contributed by atoms with van der Waals surface area (Å²) in [5.41, 5.74) is 1.70. The predicted molar refractivity (Wildman–Crippen MR) is 81.5 cm³/mol. The molecule has 0 amide bonds. The third-order valence-electron chi connectivity index (χ3n) is 2.89. The summed E-state index contributed by atoms with van der Waals surface area (Å²) in [6, 6.07) is 12.8. The van der Waals surface area contributed by atoms with Crippen molar-refractivity contribution in [1.82, 2.24) is 0 Å². The first-order valence-electron chi connectivity index (χ1n) is 6.28. The molecule has 0 aromatic heterocycles. The Morgan fingerprint density at radius 3 is 2.45 bits per heavy atom. The number of carbonyl (C=O) groups is 1. The highest BCUT2D eigenvalue weighted by Gasteiger charge is 2.06. The zero-order chi connectivity index (χ0) is 14.5. The smallest absolute Gasteiger partial charge is 0.159 e. The van der Waals surface area contributed by atoms with Crippen molar-refractivity contribution < 1.29 is 14.6 Å². The van der Waals surface area contributed by atoms with Crippen molar-refractivity contribution in [3.05, 3.63) is 58.1 Å². The van der Waals surface area contributed by atoms with Gasteiger partial charge in [-0.3, -0.25) is 4.79 Å². The van der Waals surface area contributed by atoms with Gasteiger partial charge in [0.1, 0.15) is 11.5 Å². The number of aliphatic hydroxyl groups is 1. The lowest BCUT2D eigenvalue weighted by Gasteiger charge is -2.09. The molecule has 0 bridgehead atoms. The molecule has 3 nitrogen and oxygen atoms in total. The summed E-state index contributed by atoms with van der Waals surface area (Å²) < 4.78 is 6.50. The van der Waals surface area contributed by atoms with Gasteiger partial charge in [-0.1, -0.05) is 12.1 Å².